The first-order chi connectivity index (χ1) is 10.0. The minimum atomic E-state index is -0.173. The van der Waals surface area contributed by atoms with E-state index in [9.17, 15) is 4.79 Å². The van der Waals surface area contributed by atoms with Crippen LogP contribution in [0.5, 0.6) is 0 Å². The summed E-state index contributed by atoms with van der Waals surface area (Å²) in [5, 5.41) is 18.0. The molecule has 2 heterocycles. The summed E-state index contributed by atoms with van der Waals surface area (Å²) < 4.78 is 0. The average molecular weight is 280 g/mol. The molecule has 21 heavy (non-hydrogen) atoms. The van der Waals surface area contributed by atoms with E-state index in [-0.39, 0.29) is 18.2 Å². The standard InChI is InChI=1S/C14H12N6O/c1-20(2)14(21)12-4-10-3-9(8-18-13(10)19-12)7-17-11(5-15)6-16/h3-4,8H,7H2,1-2H3,(H,18,19). The van der Waals surface area contributed by atoms with Gasteiger partial charge in [-0.2, -0.15) is 10.5 Å². The Morgan fingerprint density at radius 3 is 2.71 bits per heavy atom. The van der Waals surface area contributed by atoms with Gasteiger partial charge in [0.15, 0.2) is 0 Å². The number of amides is 1. The lowest BCUT2D eigenvalue weighted by atomic mass is 10.2. The molecule has 104 valence electrons. The molecule has 0 spiro atoms. The first-order valence-corrected chi connectivity index (χ1v) is 6.09. The SMILES string of the molecule is CN(C)C(=O)c1cc2cc(CN=C(C#N)C#N)cnc2[nH]1. The van der Waals surface area contributed by atoms with Crippen molar-refractivity contribution in [3.63, 3.8) is 0 Å². The Morgan fingerprint density at radius 2 is 2.10 bits per heavy atom. The van der Waals surface area contributed by atoms with Gasteiger partial charge in [0.25, 0.3) is 5.91 Å². The van der Waals surface area contributed by atoms with E-state index in [0.717, 1.165) is 10.9 Å². The van der Waals surface area contributed by atoms with Crippen LogP contribution in [0.25, 0.3) is 11.0 Å². The number of rotatable bonds is 3. The Hall–Kier alpha value is -3.19. The summed E-state index contributed by atoms with van der Waals surface area (Å²) in [7, 11) is 3.35. The van der Waals surface area contributed by atoms with Gasteiger partial charge >= 0.3 is 0 Å². The summed E-state index contributed by atoms with van der Waals surface area (Å²) in [6, 6.07) is 6.94. The van der Waals surface area contributed by atoms with Gasteiger partial charge in [-0.1, -0.05) is 0 Å². The second-order valence-electron chi connectivity index (χ2n) is 4.55. The Morgan fingerprint density at radius 1 is 1.38 bits per heavy atom. The maximum absolute atomic E-state index is 11.9. The van der Waals surface area contributed by atoms with Crippen molar-refractivity contribution < 1.29 is 4.79 Å². The molecule has 1 N–H and O–H groups in total. The summed E-state index contributed by atoms with van der Waals surface area (Å²) >= 11 is 0. The number of hydrogen-bond acceptors (Lipinski definition) is 5. The maximum Gasteiger partial charge on any atom is 0.269 e. The number of nitrogens with one attached hydrogen (secondary N) is 1. The lowest BCUT2D eigenvalue weighted by molar-refractivity contribution is 0.0823. The maximum atomic E-state index is 11.9. The summed E-state index contributed by atoms with van der Waals surface area (Å²) in [5.74, 6) is -0.135. The van der Waals surface area contributed by atoms with Crippen molar-refractivity contribution in [3.05, 3.63) is 29.6 Å². The van der Waals surface area contributed by atoms with Gasteiger partial charge in [0.1, 0.15) is 23.5 Å². The topological polar surface area (TPSA) is 109 Å². The molecule has 0 radical (unpaired) electrons. The number of pyridine rings is 1. The van der Waals surface area contributed by atoms with Gasteiger partial charge in [-0.05, 0) is 17.7 Å². The quantitative estimate of drug-likeness (QED) is 0.853. The van der Waals surface area contributed by atoms with E-state index >= 15 is 0 Å². The normalized spacial score (nSPS) is 9.71. The molecule has 0 aromatic carbocycles. The van der Waals surface area contributed by atoms with E-state index in [4.69, 9.17) is 10.5 Å². The summed E-state index contributed by atoms with van der Waals surface area (Å²) in [4.78, 5) is 24.4. The fraction of sp³-hybridized carbons (Fsp3) is 0.214. The van der Waals surface area contributed by atoms with E-state index in [1.165, 1.54) is 4.90 Å². The van der Waals surface area contributed by atoms with Crippen LogP contribution < -0.4 is 0 Å². The van der Waals surface area contributed by atoms with Crippen LogP contribution in [0.1, 0.15) is 16.1 Å². The molecule has 0 aliphatic rings. The van der Waals surface area contributed by atoms with Crippen molar-refractivity contribution >= 4 is 22.7 Å². The van der Waals surface area contributed by atoms with Crippen LogP contribution in [0, 0.1) is 22.7 Å². The average Bonchev–Trinajstić information content (AvgIpc) is 2.90. The molecule has 0 unspecified atom stereocenters. The van der Waals surface area contributed by atoms with Crippen LogP contribution >= 0.6 is 0 Å². The minimum absolute atomic E-state index is 0.135. The van der Waals surface area contributed by atoms with Gasteiger partial charge in [0, 0.05) is 25.7 Å². The van der Waals surface area contributed by atoms with Gasteiger partial charge in [0.05, 0.1) is 6.54 Å². The number of aromatic nitrogens is 2. The van der Waals surface area contributed by atoms with Crippen molar-refractivity contribution in [2.24, 2.45) is 4.99 Å². The van der Waals surface area contributed by atoms with Crippen molar-refractivity contribution in [1.29, 1.82) is 10.5 Å². The lowest BCUT2D eigenvalue weighted by Crippen LogP contribution is -2.21. The van der Waals surface area contributed by atoms with Gasteiger partial charge in [-0.25, -0.2) is 4.98 Å². The highest BCUT2D eigenvalue weighted by molar-refractivity contribution is 6.10. The number of aromatic amines is 1. The molecule has 0 bridgehead atoms. The largest absolute Gasteiger partial charge is 0.344 e. The first kappa shape index (κ1) is 14.2. The summed E-state index contributed by atoms with van der Waals surface area (Å²) in [6.07, 6.45) is 1.60. The van der Waals surface area contributed by atoms with Crippen LogP contribution in [-0.2, 0) is 6.54 Å². The third-order valence-electron chi connectivity index (χ3n) is 2.79. The molecule has 0 aliphatic heterocycles. The number of H-pyrrole nitrogens is 1. The van der Waals surface area contributed by atoms with Gasteiger partial charge in [-0.15, -0.1) is 0 Å². The molecule has 2 aromatic rings. The van der Waals surface area contributed by atoms with Crippen LogP contribution in [0.4, 0.5) is 0 Å². The number of fused-ring (bicyclic) bond motifs is 1. The second kappa shape index (κ2) is 5.85. The fourth-order valence-electron chi connectivity index (χ4n) is 1.77. The second-order valence-corrected chi connectivity index (χ2v) is 4.55. The van der Waals surface area contributed by atoms with E-state index in [1.54, 1.807) is 38.5 Å². The van der Waals surface area contributed by atoms with E-state index in [2.05, 4.69) is 15.0 Å². The molecular weight excluding hydrogens is 268 g/mol. The van der Waals surface area contributed by atoms with Gasteiger partial charge in [0.2, 0.25) is 5.71 Å². The summed E-state index contributed by atoms with van der Waals surface area (Å²) in [6.45, 7) is 0.196. The zero-order valence-electron chi connectivity index (χ0n) is 11.6. The lowest BCUT2D eigenvalue weighted by Gasteiger charge is -2.07. The number of hydrogen-bond donors (Lipinski definition) is 1. The molecule has 0 saturated carbocycles. The molecule has 0 atom stereocenters. The van der Waals surface area contributed by atoms with E-state index in [1.807, 2.05) is 6.07 Å². The van der Waals surface area contributed by atoms with Gasteiger partial charge in [-0.3, -0.25) is 9.79 Å². The van der Waals surface area contributed by atoms with Gasteiger partial charge < -0.3 is 9.88 Å². The van der Waals surface area contributed by atoms with E-state index in [0.29, 0.717) is 11.3 Å². The van der Waals surface area contributed by atoms with Crippen LogP contribution in [-0.4, -0.2) is 40.6 Å². The smallest absolute Gasteiger partial charge is 0.269 e. The molecule has 7 nitrogen and oxygen atoms in total. The molecule has 1 amide bonds. The highest BCUT2D eigenvalue weighted by Crippen LogP contribution is 2.16. The zero-order valence-corrected chi connectivity index (χ0v) is 11.6. The Labute approximate surface area is 121 Å². The number of carbonyl (C=O) groups excluding carboxylic acids is 1. The number of aliphatic imine (C=N–C) groups is 1. The highest BCUT2D eigenvalue weighted by Gasteiger charge is 2.12. The molecule has 0 fully saturated rings. The molecule has 0 saturated heterocycles. The van der Waals surface area contributed by atoms with Crippen molar-refractivity contribution in [3.8, 4) is 12.1 Å². The Balaban J connectivity index is 2.31. The number of carbonyl (C=O) groups is 1. The molecule has 7 heteroatoms. The first-order valence-electron chi connectivity index (χ1n) is 6.09. The highest BCUT2D eigenvalue weighted by atomic mass is 16.2. The number of nitriles is 2. The van der Waals surface area contributed by atoms with E-state index < -0.39 is 0 Å². The molecular formula is C14H12N6O. The monoisotopic (exact) mass is 280 g/mol. The van der Waals surface area contributed by atoms with Crippen LogP contribution in [0.3, 0.4) is 0 Å². The third kappa shape index (κ3) is 3.04. The molecule has 2 rings (SSSR count). The number of nitrogens with zero attached hydrogens (tertiary/aromatic N) is 5. The third-order valence-corrected chi connectivity index (χ3v) is 2.79. The van der Waals surface area contributed by atoms with Crippen molar-refractivity contribution in [2.75, 3.05) is 14.1 Å². The minimum Gasteiger partial charge on any atom is -0.344 e. The van der Waals surface area contributed by atoms with Crippen LogP contribution in [0.2, 0.25) is 0 Å². The zero-order chi connectivity index (χ0) is 15.4. The van der Waals surface area contributed by atoms with Crippen molar-refractivity contribution in [2.45, 2.75) is 6.54 Å². The predicted molar refractivity (Wildman–Crippen MR) is 76.5 cm³/mol. The predicted octanol–water partition coefficient (Wildman–Crippen LogP) is 1.25. The Bertz CT molecular complexity index is 787. The van der Waals surface area contributed by atoms with Crippen molar-refractivity contribution in [1.82, 2.24) is 14.9 Å². The Kier molecular flexibility index (Phi) is 3.96. The molecule has 0 aliphatic carbocycles. The summed E-state index contributed by atoms with van der Waals surface area (Å²) in [5.41, 5.74) is 1.65. The molecule has 2 aromatic heterocycles. The van der Waals surface area contributed by atoms with Crippen LogP contribution in [0.15, 0.2) is 23.3 Å². The fourth-order valence-corrected chi connectivity index (χ4v) is 1.77.